The third-order valence-electron chi connectivity index (χ3n) is 5.92. The number of halogens is 1. The molecule has 2 aromatic rings. The third-order valence-corrected chi connectivity index (χ3v) is 6.18. The van der Waals surface area contributed by atoms with Crippen molar-refractivity contribution in [3.8, 4) is 0 Å². The molecule has 0 bridgehead atoms. The monoisotopic (exact) mass is 382 g/mol. The van der Waals surface area contributed by atoms with Crippen molar-refractivity contribution in [3.05, 3.63) is 64.7 Å². The number of benzene rings is 2. The molecule has 2 aliphatic rings. The molecule has 0 saturated carbocycles. The highest BCUT2D eigenvalue weighted by Crippen LogP contribution is 2.43. The number of rotatable bonds is 1. The molecular formula is C22H23ClN2O2. The second-order valence-corrected chi connectivity index (χ2v) is 8.15. The molecule has 1 fully saturated rings. The van der Waals surface area contributed by atoms with E-state index < -0.39 is 0 Å². The van der Waals surface area contributed by atoms with Gasteiger partial charge in [0.15, 0.2) is 0 Å². The number of likely N-dealkylation sites (tertiary alicyclic amines) is 1. The van der Waals surface area contributed by atoms with E-state index in [9.17, 15) is 9.59 Å². The van der Waals surface area contributed by atoms with Crippen LogP contribution in [-0.4, -0.2) is 36.3 Å². The summed E-state index contributed by atoms with van der Waals surface area (Å²) < 4.78 is 0. The van der Waals surface area contributed by atoms with E-state index in [0.717, 1.165) is 44.6 Å². The van der Waals surface area contributed by atoms with Gasteiger partial charge in [-0.3, -0.25) is 9.59 Å². The van der Waals surface area contributed by atoms with E-state index in [4.69, 9.17) is 11.6 Å². The number of fused-ring (bicyclic) bond motifs is 1. The second kappa shape index (κ2) is 7.01. The van der Waals surface area contributed by atoms with Gasteiger partial charge in [-0.1, -0.05) is 29.8 Å². The summed E-state index contributed by atoms with van der Waals surface area (Å²) in [6, 6.07) is 15.2. The topological polar surface area (TPSA) is 40.6 Å². The Morgan fingerprint density at radius 1 is 1.00 bits per heavy atom. The number of carbonyl (C=O) groups excluding carboxylic acids is 2. The largest absolute Gasteiger partial charge is 0.339 e. The van der Waals surface area contributed by atoms with Crippen LogP contribution in [0, 0.1) is 5.41 Å². The number of carbonyl (C=O) groups is 2. The van der Waals surface area contributed by atoms with Gasteiger partial charge in [0, 0.05) is 42.8 Å². The Balaban J connectivity index is 1.50. The summed E-state index contributed by atoms with van der Waals surface area (Å²) in [6.45, 7) is 3.81. The number of para-hydroxylation sites is 1. The Hall–Kier alpha value is -2.33. The molecule has 5 heteroatoms. The van der Waals surface area contributed by atoms with E-state index in [1.54, 1.807) is 31.2 Å². The Bertz CT molecular complexity index is 870. The number of amides is 2. The first-order chi connectivity index (χ1) is 13.0. The minimum Gasteiger partial charge on any atom is -0.339 e. The van der Waals surface area contributed by atoms with Crippen molar-refractivity contribution in [2.45, 2.75) is 26.2 Å². The van der Waals surface area contributed by atoms with E-state index in [1.165, 1.54) is 5.56 Å². The fourth-order valence-corrected chi connectivity index (χ4v) is 4.51. The summed E-state index contributed by atoms with van der Waals surface area (Å²) >= 11 is 5.92. The molecule has 0 unspecified atom stereocenters. The molecule has 1 spiro atoms. The summed E-state index contributed by atoms with van der Waals surface area (Å²) in [6.07, 6.45) is 2.78. The van der Waals surface area contributed by atoms with E-state index in [2.05, 4.69) is 6.07 Å². The Morgan fingerprint density at radius 3 is 2.33 bits per heavy atom. The van der Waals surface area contributed by atoms with Crippen LogP contribution < -0.4 is 4.90 Å². The lowest BCUT2D eigenvalue weighted by Crippen LogP contribution is -2.52. The number of piperidine rings is 1. The molecule has 4 nitrogen and oxygen atoms in total. The molecule has 2 aromatic carbocycles. The number of anilines is 1. The zero-order chi connectivity index (χ0) is 19.0. The highest BCUT2D eigenvalue weighted by atomic mass is 35.5. The first-order valence-corrected chi connectivity index (χ1v) is 9.76. The molecule has 2 heterocycles. The molecule has 27 heavy (non-hydrogen) atoms. The van der Waals surface area contributed by atoms with Crippen LogP contribution in [0.3, 0.4) is 0 Å². The standard InChI is InChI=1S/C22H23ClN2O2/c1-16(26)25-15-22(14-18-4-2-3-5-20(18)25)10-12-24(13-11-22)21(27)17-6-8-19(23)9-7-17/h2-9H,10-15H2,1H3. The van der Waals surface area contributed by atoms with E-state index in [0.29, 0.717) is 10.6 Å². The van der Waals surface area contributed by atoms with Gasteiger partial charge in [-0.25, -0.2) is 0 Å². The van der Waals surface area contributed by atoms with Crippen LogP contribution in [0.5, 0.6) is 0 Å². The maximum absolute atomic E-state index is 12.8. The summed E-state index contributed by atoms with van der Waals surface area (Å²) in [7, 11) is 0. The molecule has 2 amide bonds. The Kier molecular flexibility index (Phi) is 4.68. The van der Waals surface area contributed by atoms with Crippen molar-refractivity contribution in [2.24, 2.45) is 5.41 Å². The molecule has 0 N–H and O–H groups in total. The van der Waals surface area contributed by atoms with Crippen molar-refractivity contribution >= 4 is 29.1 Å². The lowest BCUT2D eigenvalue weighted by molar-refractivity contribution is -0.117. The fraction of sp³-hybridized carbons (Fsp3) is 0.364. The first-order valence-electron chi connectivity index (χ1n) is 9.38. The lowest BCUT2D eigenvalue weighted by atomic mass is 9.71. The van der Waals surface area contributed by atoms with Crippen LogP contribution in [0.2, 0.25) is 5.02 Å². The highest BCUT2D eigenvalue weighted by molar-refractivity contribution is 6.30. The molecule has 0 aromatic heterocycles. The zero-order valence-corrected chi connectivity index (χ0v) is 16.2. The average molecular weight is 383 g/mol. The maximum atomic E-state index is 12.8. The van der Waals surface area contributed by atoms with Gasteiger partial charge in [0.1, 0.15) is 0 Å². The van der Waals surface area contributed by atoms with Crippen LogP contribution >= 0.6 is 11.6 Å². The zero-order valence-electron chi connectivity index (χ0n) is 15.5. The van der Waals surface area contributed by atoms with Gasteiger partial charge in [-0.15, -0.1) is 0 Å². The number of hydrogen-bond acceptors (Lipinski definition) is 2. The molecule has 0 atom stereocenters. The van der Waals surface area contributed by atoms with Crippen LogP contribution in [0.1, 0.15) is 35.7 Å². The van der Waals surface area contributed by atoms with Gasteiger partial charge < -0.3 is 9.80 Å². The van der Waals surface area contributed by atoms with E-state index >= 15 is 0 Å². The number of hydrogen-bond donors (Lipinski definition) is 0. The van der Waals surface area contributed by atoms with Crippen LogP contribution in [-0.2, 0) is 11.2 Å². The van der Waals surface area contributed by atoms with Crippen molar-refractivity contribution in [1.29, 1.82) is 0 Å². The Morgan fingerprint density at radius 2 is 1.67 bits per heavy atom. The smallest absolute Gasteiger partial charge is 0.253 e. The quantitative estimate of drug-likeness (QED) is 0.742. The van der Waals surface area contributed by atoms with Crippen LogP contribution in [0.4, 0.5) is 5.69 Å². The first kappa shape index (κ1) is 18.1. The van der Waals surface area contributed by atoms with Crippen molar-refractivity contribution < 1.29 is 9.59 Å². The Labute approximate surface area is 164 Å². The fourth-order valence-electron chi connectivity index (χ4n) is 4.38. The molecule has 2 aliphatic heterocycles. The van der Waals surface area contributed by atoms with Gasteiger partial charge in [-0.05, 0) is 60.6 Å². The maximum Gasteiger partial charge on any atom is 0.253 e. The normalized spacial score (nSPS) is 18.3. The van der Waals surface area contributed by atoms with Gasteiger partial charge in [0.25, 0.3) is 5.91 Å². The van der Waals surface area contributed by atoms with Gasteiger partial charge in [-0.2, -0.15) is 0 Å². The molecule has 0 aliphatic carbocycles. The summed E-state index contributed by atoms with van der Waals surface area (Å²) in [5.41, 5.74) is 3.00. The average Bonchev–Trinajstić information content (AvgIpc) is 2.68. The third kappa shape index (κ3) is 3.46. The van der Waals surface area contributed by atoms with E-state index in [-0.39, 0.29) is 17.2 Å². The van der Waals surface area contributed by atoms with E-state index in [1.807, 2.05) is 28.0 Å². The molecule has 4 rings (SSSR count). The second-order valence-electron chi connectivity index (χ2n) is 7.71. The van der Waals surface area contributed by atoms with Crippen molar-refractivity contribution in [3.63, 3.8) is 0 Å². The van der Waals surface area contributed by atoms with Gasteiger partial charge >= 0.3 is 0 Å². The van der Waals surface area contributed by atoms with Gasteiger partial charge in [0.2, 0.25) is 5.91 Å². The summed E-state index contributed by atoms with van der Waals surface area (Å²) in [4.78, 5) is 28.8. The van der Waals surface area contributed by atoms with Crippen LogP contribution in [0.15, 0.2) is 48.5 Å². The number of nitrogens with zero attached hydrogens (tertiary/aromatic N) is 2. The molecule has 140 valence electrons. The SMILES string of the molecule is CC(=O)N1CC2(CCN(C(=O)c3ccc(Cl)cc3)CC2)Cc2ccccc21. The van der Waals surface area contributed by atoms with Crippen molar-refractivity contribution in [1.82, 2.24) is 4.90 Å². The summed E-state index contributed by atoms with van der Waals surface area (Å²) in [5, 5.41) is 0.634. The molecule has 0 radical (unpaired) electrons. The molecule has 1 saturated heterocycles. The molecular weight excluding hydrogens is 360 g/mol. The predicted molar refractivity (Wildman–Crippen MR) is 107 cm³/mol. The highest BCUT2D eigenvalue weighted by Gasteiger charge is 2.42. The van der Waals surface area contributed by atoms with Crippen LogP contribution in [0.25, 0.3) is 0 Å². The van der Waals surface area contributed by atoms with Crippen molar-refractivity contribution in [2.75, 3.05) is 24.5 Å². The van der Waals surface area contributed by atoms with Gasteiger partial charge in [0.05, 0.1) is 0 Å². The lowest BCUT2D eigenvalue weighted by Gasteiger charge is -2.48. The minimum atomic E-state index is 0.0524. The predicted octanol–water partition coefficient (Wildman–Crippen LogP) is 4.17. The minimum absolute atomic E-state index is 0.0524. The summed E-state index contributed by atoms with van der Waals surface area (Å²) in [5.74, 6) is 0.141.